The molecule has 7 heteroatoms. The molecule has 0 saturated heterocycles. The van der Waals surface area contributed by atoms with Crippen molar-refractivity contribution in [3.63, 3.8) is 0 Å². The molecule has 0 amide bonds. The van der Waals surface area contributed by atoms with Gasteiger partial charge in [0.1, 0.15) is 5.82 Å². The summed E-state index contributed by atoms with van der Waals surface area (Å²) in [6.45, 7) is 0. The van der Waals surface area contributed by atoms with Crippen molar-refractivity contribution in [3.05, 3.63) is 52.8 Å². The molecule has 3 aromatic rings. The zero-order chi connectivity index (χ0) is 14.1. The van der Waals surface area contributed by atoms with Gasteiger partial charge in [-0.2, -0.15) is 4.68 Å². The second-order valence-corrected chi connectivity index (χ2v) is 4.95. The average molecular weight is 334 g/mol. The first-order valence-electron chi connectivity index (χ1n) is 5.75. The molecule has 0 fully saturated rings. The first-order chi connectivity index (χ1) is 9.66. The average Bonchev–Trinajstić information content (AvgIpc) is 2.88. The van der Waals surface area contributed by atoms with E-state index in [0.29, 0.717) is 11.4 Å². The van der Waals surface area contributed by atoms with Gasteiger partial charge in [0.05, 0.1) is 5.69 Å². The summed E-state index contributed by atoms with van der Waals surface area (Å²) >= 11 is 3.45. The van der Waals surface area contributed by atoms with Gasteiger partial charge >= 0.3 is 0 Å². The Bertz CT molecular complexity index is 771. The van der Waals surface area contributed by atoms with E-state index in [-0.39, 0.29) is 5.69 Å². The lowest BCUT2D eigenvalue weighted by molar-refractivity contribution is 0.628. The standard InChI is InChI=1S/C13H9BrFN5/c14-10-3-1-2-4-12(10)20-13(17-18-19-20)9-6-5-8(15)7-11(9)16/h1-7H,16H2. The predicted molar refractivity (Wildman–Crippen MR) is 76.7 cm³/mol. The monoisotopic (exact) mass is 333 g/mol. The summed E-state index contributed by atoms with van der Waals surface area (Å²) in [7, 11) is 0. The third-order valence-electron chi connectivity index (χ3n) is 2.80. The minimum absolute atomic E-state index is 0.285. The van der Waals surface area contributed by atoms with Crippen LogP contribution in [0.3, 0.4) is 0 Å². The van der Waals surface area contributed by atoms with Crippen LogP contribution in [0.15, 0.2) is 46.9 Å². The van der Waals surface area contributed by atoms with Crippen molar-refractivity contribution in [1.82, 2.24) is 20.2 Å². The normalized spacial score (nSPS) is 10.7. The van der Waals surface area contributed by atoms with Gasteiger partial charge < -0.3 is 5.73 Å². The maximum atomic E-state index is 13.1. The molecule has 0 saturated carbocycles. The quantitative estimate of drug-likeness (QED) is 0.732. The first-order valence-corrected chi connectivity index (χ1v) is 6.55. The summed E-state index contributed by atoms with van der Waals surface area (Å²) in [6.07, 6.45) is 0. The number of anilines is 1. The summed E-state index contributed by atoms with van der Waals surface area (Å²) < 4.78 is 15.5. The van der Waals surface area contributed by atoms with E-state index in [4.69, 9.17) is 5.73 Å². The molecule has 1 heterocycles. The van der Waals surface area contributed by atoms with Crippen molar-refractivity contribution in [3.8, 4) is 17.1 Å². The SMILES string of the molecule is Nc1cc(F)ccc1-c1nnnn1-c1ccccc1Br. The van der Waals surface area contributed by atoms with Crippen LogP contribution in [0.1, 0.15) is 0 Å². The van der Waals surface area contributed by atoms with E-state index < -0.39 is 5.82 Å². The van der Waals surface area contributed by atoms with Gasteiger partial charge in [-0.1, -0.05) is 12.1 Å². The minimum Gasteiger partial charge on any atom is -0.398 e. The molecule has 1 aromatic heterocycles. The van der Waals surface area contributed by atoms with Gasteiger partial charge in [-0.15, -0.1) is 5.10 Å². The van der Waals surface area contributed by atoms with Crippen LogP contribution in [0.2, 0.25) is 0 Å². The summed E-state index contributed by atoms with van der Waals surface area (Å²) in [4.78, 5) is 0. The fourth-order valence-corrected chi connectivity index (χ4v) is 2.33. The van der Waals surface area contributed by atoms with Crippen LogP contribution < -0.4 is 5.73 Å². The molecule has 0 unspecified atom stereocenters. The van der Waals surface area contributed by atoms with Gasteiger partial charge in [0.2, 0.25) is 0 Å². The molecular weight excluding hydrogens is 325 g/mol. The molecule has 0 spiro atoms. The highest BCUT2D eigenvalue weighted by atomic mass is 79.9. The minimum atomic E-state index is -0.397. The van der Waals surface area contributed by atoms with E-state index in [1.165, 1.54) is 12.1 Å². The van der Waals surface area contributed by atoms with E-state index in [0.717, 1.165) is 10.2 Å². The molecule has 0 aliphatic rings. The lowest BCUT2D eigenvalue weighted by atomic mass is 10.1. The number of para-hydroxylation sites is 1. The predicted octanol–water partition coefficient (Wildman–Crippen LogP) is 2.81. The van der Waals surface area contributed by atoms with Crippen LogP contribution in [0.25, 0.3) is 17.1 Å². The zero-order valence-corrected chi connectivity index (χ0v) is 11.7. The van der Waals surface area contributed by atoms with Crippen molar-refractivity contribution >= 4 is 21.6 Å². The molecule has 0 atom stereocenters. The summed E-state index contributed by atoms with van der Waals surface area (Å²) in [5, 5.41) is 11.6. The van der Waals surface area contributed by atoms with E-state index in [9.17, 15) is 4.39 Å². The maximum absolute atomic E-state index is 13.1. The molecule has 20 heavy (non-hydrogen) atoms. The molecule has 0 aliphatic heterocycles. The summed E-state index contributed by atoms with van der Waals surface area (Å²) in [6, 6.07) is 11.6. The Kier molecular flexibility index (Phi) is 3.19. The van der Waals surface area contributed by atoms with Crippen LogP contribution in [0.5, 0.6) is 0 Å². The van der Waals surface area contributed by atoms with Crippen molar-refractivity contribution in [2.75, 3.05) is 5.73 Å². The van der Waals surface area contributed by atoms with Crippen LogP contribution >= 0.6 is 15.9 Å². The van der Waals surface area contributed by atoms with Crippen molar-refractivity contribution in [1.29, 1.82) is 0 Å². The number of aromatic nitrogens is 4. The van der Waals surface area contributed by atoms with E-state index in [2.05, 4.69) is 31.5 Å². The third-order valence-corrected chi connectivity index (χ3v) is 3.48. The maximum Gasteiger partial charge on any atom is 0.189 e. The highest BCUT2D eigenvalue weighted by Gasteiger charge is 2.15. The molecule has 3 rings (SSSR count). The zero-order valence-electron chi connectivity index (χ0n) is 10.2. The van der Waals surface area contributed by atoms with Crippen molar-refractivity contribution in [2.24, 2.45) is 0 Å². The first kappa shape index (κ1) is 12.7. The van der Waals surface area contributed by atoms with Crippen LogP contribution in [-0.2, 0) is 0 Å². The van der Waals surface area contributed by atoms with Gasteiger partial charge in [0.25, 0.3) is 0 Å². The second-order valence-electron chi connectivity index (χ2n) is 4.10. The summed E-state index contributed by atoms with van der Waals surface area (Å²) in [5.41, 5.74) is 7.47. The molecule has 5 nitrogen and oxygen atoms in total. The van der Waals surface area contributed by atoms with Gasteiger partial charge in [-0.25, -0.2) is 4.39 Å². The number of rotatable bonds is 2. The number of halogens is 2. The summed E-state index contributed by atoms with van der Waals surface area (Å²) in [5.74, 6) is 0.0561. The van der Waals surface area contributed by atoms with E-state index >= 15 is 0 Å². The Morgan fingerprint density at radius 1 is 1.15 bits per heavy atom. The Morgan fingerprint density at radius 2 is 1.95 bits per heavy atom. The lowest BCUT2D eigenvalue weighted by Gasteiger charge is -2.08. The number of nitrogen functional groups attached to an aromatic ring is 1. The number of nitrogens with zero attached hydrogens (tertiary/aromatic N) is 4. The Hall–Kier alpha value is -2.28. The highest BCUT2D eigenvalue weighted by molar-refractivity contribution is 9.10. The second kappa shape index (κ2) is 5.01. The number of nitrogens with two attached hydrogens (primary N) is 1. The number of hydrogen-bond acceptors (Lipinski definition) is 4. The fraction of sp³-hybridized carbons (Fsp3) is 0. The number of benzene rings is 2. The highest BCUT2D eigenvalue weighted by Crippen LogP contribution is 2.28. The number of tetrazole rings is 1. The van der Waals surface area contributed by atoms with Gasteiger partial charge in [-0.3, -0.25) is 0 Å². The van der Waals surface area contributed by atoms with Gasteiger partial charge in [0, 0.05) is 15.7 Å². The van der Waals surface area contributed by atoms with Crippen molar-refractivity contribution < 1.29 is 4.39 Å². The van der Waals surface area contributed by atoms with Crippen LogP contribution in [0, 0.1) is 5.82 Å². The van der Waals surface area contributed by atoms with Gasteiger partial charge in [0.15, 0.2) is 5.82 Å². The molecular formula is C13H9BrFN5. The van der Waals surface area contributed by atoms with Crippen LogP contribution in [0.4, 0.5) is 10.1 Å². The lowest BCUT2D eigenvalue weighted by Crippen LogP contribution is -2.02. The Morgan fingerprint density at radius 3 is 2.70 bits per heavy atom. The molecule has 0 bridgehead atoms. The smallest absolute Gasteiger partial charge is 0.189 e. The van der Waals surface area contributed by atoms with Crippen LogP contribution in [-0.4, -0.2) is 20.2 Å². The molecule has 2 N–H and O–H groups in total. The molecule has 0 radical (unpaired) electrons. The Balaban J connectivity index is 2.18. The van der Waals surface area contributed by atoms with Crippen molar-refractivity contribution in [2.45, 2.75) is 0 Å². The topological polar surface area (TPSA) is 69.6 Å². The molecule has 100 valence electrons. The number of hydrogen-bond donors (Lipinski definition) is 1. The molecule has 2 aromatic carbocycles. The third kappa shape index (κ3) is 2.16. The van der Waals surface area contributed by atoms with Gasteiger partial charge in [-0.05, 0) is 56.7 Å². The van der Waals surface area contributed by atoms with E-state index in [1.807, 2.05) is 24.3 Å². The fourth-order valence-electron chi connectivity index (χ4n) is 1.88. The largest absolute Gasteiger partial charge is 0.398 e. The van der Waals surface area contributed by atoms with E-state index in [1.54, 1.807) is 10.7 Å². The molecule has 0 aliphatic carbocycles. The Labute approximate surface area is 122 Å².